The van der Waals surface area contributed by atoms with Crippen LogP contribution >= 0.6 is 7.82 Å². The lowest BCUT2D eigenvalue weighted by Gasteiger charge is -2.41. The van der Waals surface area contributed by atoms with E-state index in [0.29, 0.717) is 32.1 Å². The molecule has 358 valence electrons. The SMILES string of the molecule is CC/C=C\C=C\C(O)C/C=C\C/C=C\C/C=C\CCCC(=O)OC(COC(=O)CCCCCCCCCCCCCCCCC)COP(=O)(O)OC1C(O)C(O)C(O)C(O)C1O. The molecular weight excluding hydrogens is 819 g/mol. The summed E-state index contributed by atoms with van der Waals surface area (Å²) in [5.41, 5.74) is 0. The van der Waals surface area contributed by atoms with E-state index in [2.05, 4.69) is 6.92 Å². The zero-order chi connectivity index (χ0) is 45.9. The fourth-order valence-electron chi connectivity index (χ4n) is 6.69. The highest BCUT2D eigenvalue weighted by atomic mass is 31.2. The van der Waals surface area contributed by atoms with Gasteiger partial charge in [0, 0.05) is 12.8 Å². The first-order valence-electron chi connectivity index (χ1n) is 23.2. The van der Waals surface area contributed by atoms with E-state index in [1.165, 1.54) is 70.6 Å². The summed E-state index contributed by atoms with van der Waals surface area (Å²) in [6.45, 7) is 3.04. The number of hydrogen-bond donors (Lipinski definition) is 7. The van der Waals surface area contributed by atoms with Crippen molar-refractivity contribution in [2.24, 2.45) is 0 Å². The predicted molar refractivity (Wildman–Crippen MR) is 241 cm³/mol. The van der Waals surface area contributed by atoms with Crippen LogP contribution in [-0.4, -0.2) is 110 Å². The van der Waals surface area contributed by atoms with Gasteiger partial charge in [0.1, 0.15) is 43.2 Å². The third-order valence-corrected chi connectivity index (χ3v) is 11.4. The smallest absolute Gasteiger partial charge is 0.462 e. The second kappa shape index (κ2) is 36.8. The van der Waals surface area contributed by atoms with Crippen molar-refractivity contribution in [2.45, 2.75) is 210 Å². The van der Waals surface area contributed by atoms with Crippen LogP contribution in [0.25, 0.3) is 0 Å². The van der Waals surface area contributed by atoms with Crippen LogP contribution in [0, 0.1) is 0 Å². The Kier molecular flexibility index (Phi) is 34.2. The molecule has 7 unspecified atom stereocenters. The number of rotatable bonds is 37. The first-order chi connectivity index (χ1) is 29.8. The molecule has 62 heavy (non-hydrogen) atoms. The fraction of sp³-hybridized carbons (Fsp3) is 0.745. The molecule has 1 rings (SSSR count). The highest BCUT2D eigenvalue weighted by molar-refractivity contribution is 7.47. The molecule has 15 heteroatoms. The molecule has 0 aromatic heterocycles. The lowest BCUT2D eigenvalue weighted by Crippen LogP contribution is -2.64. The Morgan fingerprint density at radius 1 is 0.597 bits per heavy atom. The first-order valence-corrected chi connectivity index (χ1v) is 24.7. The summed E-state index contributed by atoms with van der Waals surface area (Å²) in [5.74, 6) is -1.20. The zero-order valence-electron chi connectivity index (χ0n) is 37.5. The molecule has 0 radical (unpaired) electrons. The summed E-state index contributed by atoms with van der Waals surface area (Å²) in [5, 5.41) is 60.1. The number of unbranched alkanes of at least 4 members (excludes halogenated alkanes) is 15. The Hall–Kier alpha value is -2.49. The standard InChI is InChI=1S/C47H81O14P/c1-3-5-7-9-10-11-12-13-14-15-16-20-23-26-30-34-40(49)58-36-39(37-59-62(56,57)61-47-45(54)43(52)42(51)44(53)46(47)55)60-41(50)35-31-27-24-21-18-17-19-22-25-29-33-38(48)32-28-8-6-4-2/h6,8,17,19,21,24-25,28-29,32,38-39,42-48,51-55H,3-5,7,9-16,18,20,22-23,26-27,30-31,33-37H2,1-2H3,(H,56,57)/b8-6-,19-17-,24-21-,29-25-,32-28+. The van der Waals surface area contributed by atoms with Gasteiger partial charge < -0.3 is 45.0 Å². The van der Waals surface area contributed by atoms with Crippen molar-refractivity contribution in [3.63, 3.8) is 0 Å². The molecule has 0 aromatic carbocycles. The molecule has 0 amide bonds. The Morgan fingerprint density at radius 2 is 1.10 bits per heavy atom. The van der Waals surface area contributed by atoms with Gasteiger partial charge in [-0.25, -0.2) is 4.57 Å². The average molecular weight is 901 g/mol. The van der Waals surface area contributed by atoms with Crippen molar-refractivity contribution in [2.75, 3.05) is 13.2 Å². The lowest BCUT2D eigenvalue weighted by atomic mass is 9.85. The van der Waals surface area contributed by atoms with Gasteiger partial charge in [0.15, 0.2) is 6.10 Å². The van der Waals surface area contributed by atoms with Crippen molar-refractivity contribution in [3.8, 4) is 0 Å². The van der Waals surface area contributed by atoms with E-state index in [1.807, 2.05) is 61.6 Å². The second-order valence-electron chi connectivity index (χ2n) is 16.1. The number of phosphoric acid groups is 1. The van der Waals surface area contributed by atoms with Gasteiger partial charge >= 0.3 is 19.8 Å². The van der Waals surface area contributed by atoms with E-state index in [9.17, 15) is 49.7 Å². The van der Waals surface area contributed by atoms with Crippen molar-refractivity contribution in [1.29, 1.82) is 0 Å². The largest absolute Gasteiger partial charge is 0.472 e. The molecule has 0 heterocycles. The fourth-order valence-corrected chi connectivity index (χ4v) is 7.66. The van der Waals surface area contributed by atoms with Crippen molar-refractivity contribution < 1.29 is 68.2 Å². The number of allylic oxidation sites excluding steroid dienone is 8. The molecule has 0 bridgehead atoms. The summed E-state index contributed by atoms with van der Waals surface area (Å²) in [4.78, 5) is 35.7. The highest BCUT2D eigenvalue weighted by Crippen LogP contribution is 2.47. The van der Waals surface area contributed by atoms with Crippen LogP contribution < -0.4 is 0 Å². The van der Waals surface area contributed by atoms with Crippen LogP contribution in [0.4, 0.5) is 0 Å². The summed E-state index contributed by atoms with van der Waals surface area (Å²) in [6, 6.07) is 0. The zero-order valence-corrected chi connectivity index (χ0v) is 38.4. The molecule has 0 aromatic rings. The van der Waals surface area contributed by atoms with E-state index in [4.69, 9.17) is 18.5 Å². The Labute approximate surface area is 371 Å². The van der Waals surface area contributed by atoms with Crippen LogP contribution in [0.1, 0.15) is 162 Å². The Balaban J connectivity index is 2.52. The van der Waals surface area contributed by atoms with E-state index >= 15 is 0 Å². The summed E-state index contributed by atoms with van der Waals surface area (Å²) >= 11 is 0. The normalized spacial score (nSPS) is 22.9. The Bertz CT molecular complexity index is 1330. The van der Waals surface area contributed by atoms with Gasteiger partial charge in [-0.3, -0.25) is 18.6 Å². The van der Waals surface area contributed by atoms with Crippen molar-refractivity contribution in [1.82, 2.24) is 0 Å². The third-order valence-electron chi connectivity index (χ3n) is 10.5. The van der Waals surface area contributed by atoms with Gasteiger partial charge in [-0.05, 0) is 44.9 Å². The number of carbonyl (C=O) groups is 2. The topological polar surface area (TPSA) is 230 Å². The molecule has 1 aliphatic carbocycles. The molecule has 1 saturated carbocycles. The highest BCUT2D eigenvalue weighted by Gasteiger charge is 2.51. The van der Waals surface area contributed by atoms with Gasteiger partial charge in [0.2, 0.25) is 0 Å². The molecule has 0 spiro atoms. The summed E-state index contributed by atoms with van der Waals surface area (Å²) in [7, 11) is -5.15. The molecule has 7 atom stereocenters. The van der Waals surface area contributed by atoms with Crippen LogP contribution in [0.5, 0.6) is 0 Å². The van der Waals surface area contributed by atoms with Crippen LogP contribution in [0.15, 0.2) is 60.8 Å². The van der Waals surface area contributed by atoms with Crippen molar-refractivity contribution >= 4 is 19.8 Å². The number of esters is 2. The molecule has 0 saturated heterocycles. The number of carbonyl (C=O) groups excluding carboxylic acids is 2. The minimum absolute atomic E-state index is 0.00365. The maximum atomic E-state index is 12.8. The van der Waals surface area contributed by atoms with Gasteiger partial charge in [0.05, 0.1) is 12.7 Å². The average Bonchev–Trinajstić information content (AvgIpc) is 3.25. The lowest BCUT2D eigenvalue weighted by molar-refractivity contribution is -0.220. The van der Waals surface area contributed by atoms with E-state index in [-0.39, 0.29) is 12.8 Å². The van der Waals surface area contributed by atoms with Crippen LogP contribution in [0.3, 0.4) is 0 Å². The number of aliphatic hydroxyl groups excluding tert-OH is 6. The number of ether oxygens (including phenoxy) is 2. The van der Waals surface area contributed by atoms with E-state index < -0.39 is 81.8 Å². The third kappa shape index (κ3) is 29.1. The minimum atomic E-state index is -5.15. The molecule has 1 fully saturated rings. The van der Waals surface area contributed by atoms with Crippen molar-refractivity contribution in [3.05, 3.63) is 60.8 Å². The van der Waals surface area contributed by atoms with E-state index in [1.54, 1.807) is 6.08 Å². The van der Waals surface area contributed by atoms with E-state index in [0.717, 1.165) is 32.1 Å². The minimum Gasteiger partial charge on any atom is -0.462 e. The maximum Gasteiger partial charge on any atom is 0.472 e. The first kappa shape index (κ1) is 57.5. The van der Waals surface area contributed by atoms with Gasteiger partial charge in [-0.1, -0.05) is 164 Å². The maximum absolute atomic E-state index is 12.8. The summed E-state index contributed by atoms with van der Waals surface area (Å²) in [6.07, 6.45) is 27.4. The summed E-state index contributed by atoms with van der Waals surface area (Å²) < 4.78 is 33.4. The second-order valence-corrected chi connectivity index (χ2v) is 17.5. The van der Waals surface area contributed by atoms with Crippen LogP contribution in [0.2, 0.25) is 0 Å². The quantitative estimate of drug-likeness (QED) is 0.0103. The van der Waals surface area contributed by atoms with Gasteiger partial charge in [-0.2, -0.15) is 0 Å². The number of aliphatic hydroxyl groups is 6. The number of hydrogen-bond acceptors (Lipinski definition) is 13. The van der Waals surface area contributed by atoms with Gasteiger partial charge in [0.25, 0.3) is 0 Å². The Morgan fingerprint density at radius 3 is 1.66 bits per heavy atom. The molecular formula is C47H81O14P. The molecule has 14 nitrogen and oxygen atoms in total. The monoisotopic (exact) mass is 901 g/mol. The number of phosphoric ester groups is 1. The molecule has 1 aliphatic rings. The predicted octanol–water partition coefficient (Wildman–Crippen LogP) is 7.92. The molecule has 0 aliphatic heterocycles. The molecule has 7 N–H and O–H groups in total. The van der Waals surface area contributed by atoms with Gasteiger partial charge in [-0.15, -0.1) is 0 Å². The van der Waals surface area contributed by atoms with Crippen LogP contribution in [-0.2, 0) is 32.7 Å².